The quantitative estimate of drug-likeness (QED) is 0.859. The summed E-state index contributed by atoms with van der Waals surface area (Å²) in [4.78, 5) is 16.5. The van der Waals surface area contributed by atoms with Crippen molar-refractivity contribution in [2.24, 2.45) is 11.3 Å². The number of pyridine rings is 1. The van der Waals surface area contributed by atoms with Gasteiger partial charge in [-0.15, -0.1) is 0 Å². The Labute approximate surface area is 125 Å². The number of ether oxygens (including phenoxy) is 1. The topological polar surface area (TPSA) is 63.2 Å². The minimum absolute atomic E-state index is 0.0823. The highest BCUT2D eigenvalue weighted by molar-refractivity contribution is 5.80. The summed E-state index contributed by atoms with van der Waals surface area (Å²) in [5.41, 5.74) is 1.31. The van der Waals surface area contributed by atoms with Gasteiger partial charge in [-0.3, -0.25) is 9.78 Å². The van der Waals surface area contributed by atoms with Crippen LogP contribution in [0.2, 0.25) is 0 Å². The molecule has 3 heterocycles. The Morgan fingerprint density at radius 1 is 1.38 bits per heavy atom. The molecule has 1 atom stereocenters. The molecule has 2 aliphatic heterocycles. The maximum atomic E-state index is 12.5. The second-order valence-electron chi connectivity index (χ2n) is 6.05. The molecule has 1 aromatic heterocycles. The van der Waals surface area contributed by atoms with Crippen molar-refractivity contribution in [2.75, 3.05) is 32.8 Å². The van der Waals surface area contributed by atoms with Crippen molar-refractivity contribution in [3.05, 3.63) is 30.1 Å². The monoisotopic (exact) mass is 289 g/mol. The zero-order chi connectivity index (χ0) is 14.5. The summed E-state index contributed by atoms with van der Waals surface area (Å²) in [6.45, 7) is 3.98. The Hall–Kier alpha value is -1.46. The van der Waals surface area contributed by atoms with Crippen LogP contribution in [0.25, 0.3) is 0 Å². The first-order valence-corrected chi connectivity index (χ1v) is 7.75. The summed E-state index contributed by atoms with van der Waals surface area (Å²) in [5, 5.41) is 6.50. The van der Waals surface area contributed by atoms with Crippen LogP contribution in [0.3, 0.4) is 0 Å². The lowest BCUT2D eigenvalue weighted by Crippen LogP contribution is -2.44. The molecule has 1 spiro atoms. The number of carbonyl (C=O) groups excluding carboxylic acids is 1. The largest absolute Gasteiger partial charge is 0.381 e. The normalized spacial score (nSPS) is 24.1. The van der Waals surface area contributed by atoms with Crippen molar-refractivity contribution in [2.45, 2.75) is 19.3 Å². The van der Waals surface area contributed by atoms with Crippen molar-refractivity contribution in [1.29, 1.82) is 0 Å². The molecule has 1 amide bonds. The van der Waals surface area contributed by atoms with Crippen LogP contribution in [0.1, 0.15) is 18.4 Å². The molecule has 2 saturated heterocycles. The van der Waals surface area contributed by atoms with Crippen LogP contribution in [0.15, 0.2) is 24.5 Å². The summed E-state index contributed by atoms with van der Waals surface area (Å²) in [6, 6.07) is 3.98. The van der Waals surface area contributed by atoms with E-state index in [4.69, 9.17) is 4.74 Å². The van der Waals surface area contributed by atoms with Crippen molar-refractivity contribution < 1.29 is 9.53 Å². The molecule has 21 heavy (non-hydrogen) atoms. The van der Waals surface area contributed by atoms with Gasteiger partial charge in [-0.05, 0) is 42.4 Å². The molecule has 5 heteroatoms. The fraction of sp³-hybridized carbons (Fsp3) is 0.625. The highest BCUT2D eigenvalue weighted by Crippen LogP contribution is 2.40. The van der Waals surface area contributed by atoms with Crippen LogP contribution in [-0.4, -0.2) is 43.7 Å². The van der Waals surface area contributed by atoms with Crippen LogP contribution in [0.4, 0.5) is 0 Å². The second-order valence-corrected chi connectivity index (χ2v) is 6.05. The van der Waals surface area contributed by atoms with Crippen LogP contribution in [0, 0.1) is 11.3 Å². The molecular formula is C16H23N3O2. The van der Waals surface area contributed by atoms with Gasteiger partial charge in [-0.25, -0.2) is 0 Å². The fourth-order valence-corrected chi connectivity index (χ4v) is 3.48. The van der Waals surface area contributed by atoms with E-state index in [0.29, 0.717) is 6.54 Å². The van der Waals surface area contributed by atoms with Crippen molar-refractivity contribution in [3.8, 4) is 0 Å². The molecule has 0 aliphatic carbocycles. The Balaban J connectivity index is 1.52. The third-order valence-electron chi connectivity index (χ3n) is 4.83. The second kappa shape index (κ2) is 6.54. The first kappa shape index (κ1) is 14.5. The molecule has 1 aromatic rings. The van der Waals surface area contributed by atoms with Crippen LogP contribution >= 0.6 is 0 Å². The van der Waals surface area contributed by atoms with E-state index in [-0.39, 0.29) is 17.2 Å². The third kappa shape index (κ3) is 3.24. The maximum Gasteiger partial charge on any atom is 0.225 e. The molecule has 1 unspecified atom stereocenters. The SMILES string of the molecule is O=C(NCCc1ccncc1)C1CNCC12CCOCC2. The lowest BCUT2D eigenvalue weighted by atomic mass is 9.72. The molecule has 5 nitrogen and oxygen atoms in total. The smallest absolute Gasteiger partial charge is 0.225 e. The van der Waals surface area contributed by atoms with E-state index in [1.54, 1.807) is 12.4 Å². The van der Waals surface area contributed by atoms with Crippen LogP contribution < -0.4 is 10.6 Å². The standard InChI is InChI=1S/C16H23N3O2/c20-15(19-8-3-13-1-6-17-7-2-13)14-11-18-12-16(14)4-9-21-10-5-16/h1-2,6-7,14,18H,3-5,8-12H2,(H,19,20). The average molecular weight is 289 g/mol. The van der Waals surface area contributed by atoms with Gasteiger partial charge in [0.05, 0.1) is 5.92 Å². The predicted octanol–water partition coefficient (Wildman–Crippen LogP) is 0.756. The number of aromatic nitrogens is 1. The number of amides is 1. The van der Waals surface area contributed by atoms with Gasteiger partial charge in [0.2, 0.25) is 5.91 Å². The van der Waals surface area contributed by atoms with E-state index in [9.17, 15) is 4.79 Å². The molecule has 2 aliphatic rings. The van der Waals surface area contributed by atoms with E-state index in [1.807, 2.05) is 12.1 Å². The average Bonchev–Trinajstić information content (AvgIpc) is 2.92. The summed E-state index contributed by atoms with van der Waals surface area (Å²) in [6.07, 6.45) is 6.40. The van der Waals surface area contributed by atoms with Gasteiger partial charge >= 0.3 is 0 Å². The minimum Gasteiger partial charge on any atom is -0.381 e. The van der Waals surface area contributed by atoms with E-state index in [0.717, 1.165) is 45.6 Å². The Morgan fingerprint density at radius 3 is 2.90 bits per heavy atom. The number of hydrogen-bond donors (Lipinski definition) is 2. The molecular weight excluding hydrogens is 266 g/mol. The molecule has 0 bridgehead atoms. The summed E-state index contributed by atoms with van der Waals surface area (Å²) < 4.78 is 5.46. The number of nitrogens with one attached hydrogen (secondary N) is 2. The van der Waals surface area contributed by atoms with Gasteiger partial charge in [-0.2, -0.15) is 0 Å². The Bertz CT molecular complexity index is 472. The molecule has 2 N–H and O–H groups in total. The summed E-state index contributed by atoms with van der Waals surface area (Å²) in [7, 11) is 0. The van der Waals surface area contributed by atoms with E-state index < -0.39 is 0 Å². The molecule has 114 valence electrons. The van der Waals surface area contributed by atoms with E-state index >= 15 is 0 Å². The number of rotatable bonds is 4. The van der Waals surface area contributed by atoms with Crippen molar-refractivity contribution >= 4 is 5.91 Å². The Morgan fingerprint density at radius 2 is 2.14 bits per heavy atom. The van der Waals surface area contributed by atoms with Crippen molar-refractivity contribution in [1.82, 2.24) is 15.6 Å². The zero-order valence-electron chi connectivity index (χ0n) is 12.3. The lowest BCUT2D eigenvalue weighted by molar-refractivity contribution is -0.129. The fourth-order valence-electron chi connectivity index (χ4n) is 3.48. The molecule has 3 rings (SSSR count). The lowest BCUT2D eigenvalue weighted by Gasteiger charge is -2.37. The molecule has 2 fully saturated rings. The minimum atomic E-state index is 0.0823. The highest BCUT2D eigenvalue weighted by Gasteiger charge is 2.47. The number of carbonyl (C=O) groups is 1. The number of nitrogens with zero attached hydrogens (tertiary/aromatic N) is 1. The Kier molecular flexibility index (Phi) is 4.51. The molecule has 0 radical (unpaired) electrons. The van der Waals surface area contributed by atoms with Gasteiger partial charge in [0.1, 0.15) is 0 Å². The maximum absolute atomic E-state index is 12.5. The van der Waals surface area contributed by atoms with Gasteiger partial charge in [0.15, 0.2) is 0 Å². The predicted molar refractivity (Wildman–Crippen MR) is 79.8 cm³/mol. The highest BCUT2D eigenvalue weighted by atomic mass is 16.5. The molecule has 0 saturated carbocycles. The van der Waals surface area contributed by atoms with E-state index in [1.165, 1.54) is 5.56 Å². The zero-order valence-corrected chi connectivity index (χ0v) is 12.3. The molecule has 0 aromatic carbocycles. The number of hydrogen-bond acceptors (Lipinski definition) is 4. The first-order valence-electron chi connectivity index (χ1n) is 7.75. The van der Waals surface area contributed by atoms with Gasteiger partial charge in [0.25, 0.3) is 0 Å². The van der Waals surface area contributed by atoms with Crippen molar-refractivity contribution in [3.63, 3.8) is 0 Å². The summed E-state index contributed by atoms with van der Waals surface area (Å²) >= 11 is 0. The van der Waals surface area contributed by atoms with Crippen LogP contribution in [0.5, 0.6) is 0 Å². The summed E-state index contributed by atoms with van der Waals surface area (Å²) in [5.74, 6) is 0.273. The first-order chi connectivity index (χ1) is 10.3. The van der Waals surface area contributed by atoms with Crippen LogP contribution in [-0.2, 0) is 16.0 Å². The van der Waals surface area contributed by atoms with E-state index in [2.05, 4.69) is 15.6 Å². The van der Waals surface area contributed by atoms with Gasteiger partial charge in [0, 0.05) is 45.2 Å². The third-order valence-corrected chi connectivity index (χ3v) is 4.83. The van der Waals surface area contributed by atoms with Gasteiger partial charge in [-0.1, -0.05) is 0 Å². The van der Waals surface area contributed by atoms with Gasteiger partial charge < -0.3 is 15.4 Å².